The van der Waals surface area contributed by atoms with E-state index in [9.17, 15) is 14.9 Å². The summed E-state index contributed by atoms with van der Waals surface area (Å²) < 4.78 is 10.00. The number of benzene rings is 2. The van der Waals surface area contributed by atoms with Crippen LogP contribution in [-0.4, -0.2) is 30.1 Å². The van der Waals surface area contributed by atoms with Crippen LogP contribution in [0.25, 0.3) is 5.70 Å². The van der Waals surface area contributed by atoms with E-state index in [1.54, 1.807) is 23.9 Å². The molecule has 0 aliphatic carbocycles. The molecule has 0 bridgehead atoms. The number of fused-ring (bicyclic) bond motifs is 3. The molecule has 1 unspecified atom stereocenters. The Morgan fingerprint density at radius 3 is 2.78 bits per heavy atom. The van der Waals surface area contributed by atoms with Crippen LogP contribution in [0, 0.1) is 10.1 Å². The maximum atomic E-state index is 11.2. The van der Waals surface area contributed by atoms with Crippen molar-refractivity contribution in [1.29, 1.82) is 0 Å². The third kappa shape index (κ3) is 3.28. The number of hydrogen-bond acceptors (Lipinski definition) is 8. The van der Waals surface area contributed by atoms with Crippen molar-refractivity contribution in [2.75, 3.05) is 18.6 Å². The van der Waals surface area contributed by atoms with Gasteiger partial charge in [-0.3, -0.25) is 10.1 Å². The smallest absolute Gasteiger partial charge is 0.343 e. The molecular weight excluding hydrogens is 370 g/mol. The molecule has 138 valence electrons. The van der Waals surface area contributed by atoms with E-state index in [1.165, 1.54) is 19.2 Å². The molecule has 0 fully saturated rings. The number of nitrogens with zero attached hydrogens (tertiary/aromatic N) is 2. The summed E-state index contributed by atoms with van der Waals surface area (Å²) in [7, 11) is 1.32. The van der Waals surface area contributed by atoms with Crippen LogP contribution in [0.1, 0.15) is 5.56 Å². The van der Waals surface area contributed by atoms with Crippen LogP contribution in [0.2, 0.25) is 0 Å². The van der Waals surface area contributed by atoms with Gasteiger partial charge in [-0.25, -0.2) is 4.79 Å². The van der Waals surface area contributed by atoms with Crippen molar-refractivity contribution >= 4 is 34.8 Å². The van der Waals surface area contributed by atoms with Crippen molar-refractivity contribution < 1.29 is 19.2 Å². The first-order chi connectivity index (χ1) is 13.0. The molecule has 2 aliphatic heterocycles. The van der Waals surface area contributed by atoms with Crippen molar-refractivity contribution in [2.45, 2.75) is 10.4 Å². The van der Waals surface area contributed by atoms with Crippen LogP contribution in [-0.2, 0) is 9.53 Å². The first-order valence-corrected chi connectivity index (χ1v) is 8.95. The summed E-state index contributed by atoms with van der Waals surface area (Å²) in [5, 5.41) is 14.2. The third-order valence-electron chi connectivity index (χ3n) is 4.22. The van der Waals surface area contributed by atoms with Crippen molar-refractivity contribution in [3.8, 4) is 5.75 Å². The predicted molar refractivity (Wildman–Crippen MR) is 100 cm³/mol. The summed E-state index contributed by atoms with van der Waals surface area (Å²) in [4.78, 5) is 24.7. The van der Waals surface area contributed by atoms with E-state index >= 15 is 0 Å². The summed E-state index contributed by atoms with van der Waals surface area (Å²) in [6.45, 7) is -0.129. The Hall–Kier alpha value is -3.20. The van der Waals surface area contributed by atoms with Gasteiger partial charge in [-0.05, 0) is 35.9 Å². The Bertz CT molecular complexity index is 945. The minimum atomic E-state index is -0.430. The molecule has 2 aromatic rings. The Balaban J connectivity index is 1.51. The number of rotatable bonds is 5. The van der Waals surface area contributed by atoms with Gasteiger partial charge >= 0.3 is 5.97 Å². The van der Waals surface area contributed by atoms with Crippen LogP contribution in [0.5, 0.6) is 5.75 Å². The lowest BCUT2D eigenvalue weighted by atomic mass is 10.1. The van der Waals surface area contributed by atoms with E-state index < -0.39 is 10.9 Å². The number of nitro groups is 1. The minimum absolute atomic E-state index is 0.000971. The number of nitro benzene ring substituents is 1. The number of ether oxygens (including phenoxy) is 2. The molecular formula is C18H15N3O5S. The number of thioether (sulfide) groups is 1. The monoisotopic (exact) mass is 385 g/mol. The van der Waals surface area contributed by atoms with Crippen LogP contribution < -0.4 is 15.0 Å². The number of anilines is 1. The molecule has 0 amide bonds. The van der Waals surface area contributed by atoms with Gasteiger partial charge < -0.3 is 19.7 Å². The first-order valence-electron chi connectivity index (χ1n) is 8.07. The van der Waals surface area contributed by atoms with Gasteiger partial charge in [0.15, 0.2) is 12.1 Å². The van der Waals surface area contributed by atoms with E-state index in [0.717, 1.165) is 21.8 Å². The quantitative estimate of drug-likeness (QED) is 0.477. The second kappa shape index (κ2) is 6.84. The average Bonchev–Trinajstić information content (AvgIpc) is 3.23. The van der Waals surface area contributed by atoms with Gasteiger partial charge in [0.1, 0.15) is 5.75 Å². The lowest BCUT2D eigenvalue weighted by Crippen LogP contribution is -2.28. The zero-order valence-electron chi connectivity index (χ0n) is 14.2. The first kappa shape index (κ1) is 17.2. The van der Waals surface area contributed by atoms with Gasteiger partial charge in [0, 0.05) is 23.2 Å². The highest BCUT2D eigenvalue weighted by Gasteiger charge is 2.34. The highest BCUT2D eigenvalue weighted by molar-refractivity contribution is 8.00. The highest BCUT2D eigenvalue weighted by Crippen LogP contribution is 2.47. The van der Waals surface area contributed by atoms with Crippen LogP contribution >= 0.6 is 11.8 Å². The molecule has 4 rings (SSSR count). The van der Waals surface area contributed by atoms with E-state index in [4.69, 9.17) is 4.74 Å². The van der Waals surface area contributed by atoms with E-state index in [2.05, 4.69) is 15.0 Å². The molecule has 1 atom stereocenters. The molecule has 0 saturated carbocycles. The topological polar surface area (TPSA) is 93.9 Å². The number of methoxy groups -OCH3 is 1. The number of nitrogens with one attached hydrogen (secondary N) is 1. The SMILES string of the molecule is COC(=O)COc1ccc2c(c1)SC1NC(c3ccc([N+](=O)[O-])cc3)=CN21. The number of carbonyl (C=O) groups is 1. The normalized spacial score (nSPS) is 16.9. The fraction of sp³-hybridized carbons (Fsp3) is 0.167. The second-order valence-electron chi connectivity index (χ2n) is 5.86. The standard InChI is InChI=1S/C18H15N3O5S/c1-25-17(22)10-26-13-6-7-15-16(8-13)27-18-19-14(9-20(15)18)11-2-4-12(5-3-11)21(23)24/h2-9,18-19H,10H2,1H3. The summed E-state index contributed by atoms with van der Waals surface area (Å²) in [5.41, 5.74) is 2.88. The van der Waals surface area contributed by atoms with Gasteiger partial charge in [0.05, 0.1) is 23.4 Å². The second-order valence-corrected chi connectivity index (χ2v) is 6.98. The van der Waals surface area contributed by atoms with Gasteiger partial charge in [-0.1, -0.05) is 11.8 Å². The summed E-state index contributed by atoms with van der Waals surface area (Å²) in [6, 6.07) is 12.1. The molecule has 2 aliphatic rings. The molecule has 2 heterocycles. The van der Waals surface area contributed by atoms with Crippen molar-refractivity contribution in [1.82, 2.24) is 5.32 Å². The number of hydrogen-bond donors (Lipinski definition) is 1. The van der Waals surface area contributed by atoms with Crippen LogP contribution in [0.4, 0.5) is 11.4 Å². The molecule has 0 radical (unpaired) electrons. The average molecular weight is 385 g/mol. The van der Waals surface area contributed by atoms with Gasteiger partial charge in [0.25, 0.3) is 5.69 Å². The molecule has 2 aromatic carbocycles. The van der Waals surface area contributed by atoms with Gasteiger partial charge in [-0.2, -0.15) is 0 Å². The van der Waals surface area contributed by atoms with Crippen molar-refractivity contribution in [2.24, 2.45) is 0 Å². The maximum absolute atomic E-state index is 11.2. The Labute approximate surface area is 158 Å². The van der Waals surface area contributed by atoms with Crippen LogP contribution in [0.15, 0.2) is 53.6 Å². The Morgan fingerprint density at radius 1 is 1.30 bits per heavy atom. The van der Waals surface area contributed by atoms with Crippen molar-refractivity contribution in [3.05, 3.63) is 64.3 Å². The van der Waals surface area contributed by atoms with Gasteiger partial charge in [-0.15, -0.1) is 0 Å². The lowest BCUT2D eigenvalue weighted by molar-refractivity contribution is -0.384. The number of carbonyl (C=O) groups excluding carboxylic acids is 1. The fourth-order valence-electron chi connectivity index (χ4n) is 2.86. The summed E-state index contributed by atoms with van der Waals surface area (Å²) >= 11 is 1.63. The number of non-ortho nitro benzene ring substituents is 1. The molecule has 0 saturated heterocycles. The predicted octanol–water partition coefficient (Wildman–Crippen LogP) is 2.94. The van der Waals surface area contributed by atoms with Crippen LogP contribution in [0.3, 0.4) is 0 Å². The highest BCUT2D eigenvalue weighted by atomic mass is 32.2. The fourth-order valence-corrected chi connectivity index (χ4v) is 4.06. The third-order valence-corrected chi connectivity index (χ3v) is 5.37. The molecule has 9 heteroatoms. The molecule has 0 aromatic heterocycles. The van der Waals surface area contributed by atoms with E-state index in [-0.39, 0.29) is 17.8 Å². The lowest BCUT2D eigenvalue weighted by Gasteiger charge is -2.15. The van der Waals surface area contributed by atoms with Gasteiger partial charge in [0.2, 0.25) is 0 Å². The molecule has 0 spiro atoms. The zero-order valence-corrected chi connectivity index (χ0v) is 15.1. The maximum Gasteiger partial charge on any atom is 0.343 e. The molecule has 27 heavy (non-hydrogen) atoms. The zero-order chi connectivity index (χ0) is 19.0. The molecule has 8 nitrogen and oxygen atoms in total. The largest absolute Gasteiger partial charge is 0.482 e. The number of esters is 1. The Kier molecular flexibility index (Phi) is 4.36. The van der Waals surface area contributed by atoms with E-state index in [0.29, 0.717) is 5.75 Å². The molecule has 1 N–H and O–H groups in total. The Morgan fingerprint density at radius 2 is 2.07 bits per heavy atom. The minimum Gasteiger partial charge on any atom is -0.482 e. The van der Waals surface area contributed by atoms with E-state index in [1.807, 2.05) is 24.4 Å². The van der Waals surface area contributed by atoms with Crippen molar-refractivity contribution in [3.63, 3.8) is 0 Å². The summed E-state index contributed by atoms with van der Waals surface area (Å²) in [6.07, 6.45) is 1.99. The summed E-state index contributed by atoms with van der Waals surface area (Å²) in [5.74, 6) is 0.175.